The van der Waals surface area contributed by atoms with Gasteiger partial charge in [-0.25, -0.2) is 4.79 Å². The fourth-order valence-electron chi connectivity index (χ4n) is 3.44. The largest absolute Gasteiger partial charge is 0.453 e. The highest BCUT2D eigenvalue weighted by molar-refractivity contribution is 6.32. The van der Waals surface area contributed by atoms with Gasteiger partial charge in [0, 0.05) is 12.1 Å². The minimum Gasteiger partial charge on any atom is -0.448 e. The van der Waals surface area contributed by atoms with E-state index in [2.05, 4.69) is 13.8 Å². The third kappa shape index (κ3) is 6.03. The third-order valence-electron chi connectivity index (χ3n) is 5.36. The summed E-state index contributed by atoms with van der Waals surface area (Å²) in [6, 6.07) is 16.9. The summed E-state index contributed by atoms with van der Waals surface area (Å²) >= 11 is 5.97. The van der Waals surface area contributed by atoms with Crippen LogP contribution in [0.5, 0.6) is 17.2 Å². The first kappa shape index (κ1) is 26.0. The van der Waals surface area contributed by atoms with E-state index in [1.807, 2.05) is 24.3 Å². The summed E-state index contributed by atoms with van der Waals surface area (Å²) in [6.07, 6.45) is -2.31. The summed E-state index contributed by atoms with van der Waals surface area (Å²) in [5.41, 5.74) is 0.432. The molecular formula is C28H20ClF3O5. The second kappa shape index (κ2) is 10.5. The van der Waals surface area contributed by atoms with Gasteiger partial charge >= 0.3 is 12.1 Å². The van der Waals surface area contributed by atoms with Crippen molar-refractivity contribution >= 4 is 34.6 Å². The number of halogens is 4. The van der Waals surface area contributed by atoms with Crippen LogP contribution in [0.1, 0.15) is 36.7 Å². The number of benzene rings is 3. The average molecular weight is 529 g/mol. The summed E-state index contributed by atoms with van der Waals surface area (Å²) in [5.74, 6) is -3.33. The number of carbonyl (C=O) groups excluding carboxylic acids is 1. The number of esters is 1. The topological polar surface area (TPSA) is 65.7 Å². The molecule has 0 atom stereocenters. The van der Waals surface area contributed by atoms with E-state index in [0.717, 1.165) is 17.2 Å². The van der Waals surface area contributed by atoms with E-state index in [4.69, 9.17) is 25.5 Å². The van der Waals surface area contributed by atoms with Gasteiger partial charge in [0.2, 0.25) is 11.2 Å². The second-order valence-corrected chi connectivity index (χ2v) is 8.76. The minimum absolute atomic E-state index is 0.0151. The van der Waals surface area contributed by atoms with Gasteiger partial charge in [-0.05, 0) is 47.4 Å². The van der Waals surface area contributed by atoms with Crippen LogP contribution in [0.2, 0.25) is 5.02 Å². The van der Waals surface area contributed by atoms with E-state index < -0.39 is 34.7 Å². The molecule has 0 amide bonds. The van der Waals surface area contributed by atoms with Crippen molar-refractivity contribution in [3.63, 3.8) is 0 Å². The zero-order valence-electron chi connectivity index (χ0n) is 19.6. The number of rotatable bonds is 6. The molecular weight excluding hydrogens is 509 g/mol. The molecule has 0 spiro atoms. The zero-order chi connectivity index (χ0) is 26.7. The molecule has 0 saturated heterocycles. The van der Waals surface area contributed by atoms with Gasteiger partial charge < -0.3 is 13.9 Å². The Hall–Kier alpha value is -4.04. The van der Waals surface area contributed by atoms with E-state index in [0.29, 0.717) is 5.92 Å². The van der Waals surface area contributed by atoms with E-state index in [-0.39, 0.29) is 21.9 Å². The first-order valence-electron chi connectivity index (χ1n) is 11.1. The summed E-state index contributed by atoms with van der Waals surface area (Å²) in [7, 11) is 0. The van der Waals surface area contributed by atoms with Crippen LogP contribution >= 0.6 is 11.6 Å². The highest BCUT2D eigenvalue weighted by Gasteiger charge is 2.40. The zero-order valence-corrected chi connectivity index (χ0v) is 20.4. The lowest BCUT2D eigenvalue weighted by Gasteiger charge is -2.14. The Bertz CT molecular complexity index is 1540. The first-order valence-corrected chi connectivity index (χ1v) is 11.5. The number of alkyl halides is 3. The van der Waals surface area contributed by atoms with Crippen LogP contribution in [-0.2, 0) is 11.0 Å². The fraction of sp³-hybridized carbons (Fsp3) is 0.143. The Morgan fingerprint density at radius 1 is 1.03 bits per heavy atom. The van der Waals surface area contributed by atoms with Gasteiger partial charge in [-0.15, -0.1) is 0 Å². The Labute approximate surface area is 214 Å². The SMILES string of the molecule is CC(C)c1ccc(/C=C/C(=O)Oc2ccc3c(=O)c(Oc4ccccc4Cl)c(C(F)(F)F)oc3c2)cc1. The highest BCUT2D eigenvalue weighted by atomic mass is 35.5. The van der Waals surface area contributed by atoms with Gasteiger partial charge in [0.1, 0.15) is 17.1 Å². The van der Waals surface area contributed by atoms with Crippen molar-refractivity contribution in [1.29, 1.82) is 0 Å². The van der Waals surface area contributed by atoms with Crippen LogP contribution in [0, 0.1) is 0 Å². The molecule has 0 N–H and O–H groups in total. The molecule has 9 heteroatoms. The molecule has 0 fully saturated rings. The monoisotopic (exact) mass is 528 g/mol. The van der Waals surface area contributed by atoms with E-state index in [1.165, 1.54) is 36.4 Å². The predicted octanol–water partition coefficient (Wildman–Crippen LogP) is 8.00. The Morgan fingerprint density at radius 2 is 1.73 bits per heavy atom. The molecule has 37 heavy (non-hydrogen) atoms. The second-order valence-electron chi connectivity index (χ2n) is 8.35. The minimum atomic E-state index is -5.05. The van der Waals surface area contributed by atoms with Gasteiger partial charge in [-0.1, -0.05) is 61.8 Å². The summed E-state index contributed by atoms with van der Waals surface area (Å²) in [5, 5.41) is -0.183. The number of para-hydroxylation sites is 1. The van der Waals surface area contributed by atoms with Gasteiger partial charge in [-0.2, -0.15) is 13.2 Å². The van der Waals surface area contributed by atoms with Crippen LogP contribution in [-0.4, -0.2) is 5.97 Å². The molecule has 0 aliphatic carbocycles. The number of hydrogen-bond donors (Lipinski definition) is 0. The fourth-order valence-corrected chi connectivity index (χ4v) is 3.62. The number of ether oxygens (including phenoxy) is 2. The van der Waals surface area contributed by atoms with Crippen molar-refractivity contribution in [2.24, 2.45) is 0 Å². The lowest BCUT2D eigenvalue weighted by Crippen LogP contribution is -2.15. The molecule has 4 rings (SSSR count). The highest BCUT2D eigenvalue weighted by Crippen LogP contribution is 2.39. The number of carbonyl (C=O) groups is 1. The molecule has 190 valence electrons. The standard InChI is InChI=1S/C28H20ClF3O5/c1-16(2)18-10-7-17(8-11-18)9-14-24(33)35-19-12-13-20-23(15-19)37-27(28(30,31)32)26(25(20)34)36-22-6-4-3-5-21(22)29/h3-16H,1-2H3/b14-9+. The molecule has 0 bridgehead atoms. The van der Waals surface area contributed by atoms with E-state index >= 15 is 0 Å². The molecule has 1 heterocycles. The van der Waals surface area contributed by atoms with Crippen molar-refractivity contribution in [2.45, 2.75) is 25.9 Å². The van der Waals surface area contributed by atoms with Crippen LogP contribution in [0.25, 0.3) is 17.0 Å². The van der Waals surface area contributed by atoms with Crippen molar-refractivity contribution in [3.8, 4) is 17.2 Å². The molecule has 4 aromatic rings. The lowest BCUT2D eigenvalue weighted by atomic mass is 10.0. The summed E-state index contributed by atoms with van der Waals surface area (Å²) in [6.45, 7) is 4.14. The maximum Gasteiger partial charge on any atom is 0.453 e. The molecule has 0 radical (unpaired) electrons. The predicted molar refractivity (Wildman–Crippen MR) is 134 cm³/mol. The molecule has 0 aliphatic heterocycles. The molecule has 1 aromatic heterocycles. The molecule has 0 saturated carbocycles. The molecule has 0 aliphatic rings. The van der Waals surface area contributed by atoms with Crippen molar-refractivity contribution in [1.82, 2.24) is 0 Å². The van der Waals surface area contributed by atoms with Gasteiger partial charge in [0.05, 0.1) is 10.4 Å². The van der Waals surface area contributed by atoms with Gasteiger partial charge in [0.25, 0.3) is 5.76 Å². The molecule has 0 unspecified atom stereocenters. The number of hydrogen-bond acceptors (Lipinski definition) is 5. The quantitative estimate of drug-likeness (QED) is 0.144. The van der Waals surface area contributed by atoms with Crippen molar-refractivity contribution in [2.75, 3.05) is 0 Å². The van der Waals surface area contributed by atoms with Crippen molar-refractivity contribution in [3.05, 3.63) is 105 Å². The maximum atomic E-state index is 13.8. The van der Waals surface area contributed by atoms with Gasteiger partial charge in [-0.3, -0.25) is 4.79 Å². The molecule has 3 aromatic carbocycles. The smallest absolute Gasteiger partial charge is 0.448 e. The summed E-state index contributed by atoms with van der Waals surface area (Å²) in [4.78, 5) is 25.2. The Balaban J connectivity index is 1.62. The van der Waals surface area contributed by atoms with Crippen LogP contribution < -0.4 is 14.9 Å². The van der Waals surface area contributed by atoms with Crippen LogP contribution in [0.3, 0.4) is 0 Å². The van der Waals surface area contributed by atoms with Crippen LogP contribution in [0.4, 0.5) is 13.2 Å². The maximum absolute atomic E-state index is 13.8. The van der Waals surface area contributed by atoms with Crippen LogP contribution in [0.15, 0.2) is 82.0 Å². The Morgan fingerprint density at radius 3 is 2.38 bits per heavy atom. The first-order chi connectivity index (χ1) is 17.5. The number of fused-ring (bicyclic) bond motifs is 1. The third-order valence-corrected chi connectivity index (χ3v) is 5.67. The van der Waals surface area contributed by atoms with Crippen molar-refractivity contribution < 1.29 is 31.9 Å². The Kier molecular flexibility index (Phi) is 7.40. The summed E-state index contributed by atoms with van der Waals surface area (Å²) < 4.78 is 56.7. The normalized spacial score (nSPS) is 11.9. The van der Waals surface area contributed by atoms with Gasteiger partial charge in [0.15, 0.2) is 0 Å². The van der Waals surface area contributed by atoms with E-state index in [9.17, 15) is 22.8 Å². The average Bonchev–Trinajstić information content (AvgIpc) is 2.85. The molecule has 5 nitrogen and oxygen atoms in total. The lowest BCUT2D eigenvalue weighted by molar-refractivity contribution is -0.154. The van der Waals surface area contributed by atoms with E-state index in [1.54, 1.807) is 12.1 Å².